The van der Waals surface area contributed by atoms with Crippen molar-refractivity contribution in [1.29, 1.82) is 0 Å². The second-order valence-electron chi connectivity index (χ2n) is 5.81. The highest BCUT2D eigenvalue weighted by Crippen LogP contribution is 2.29. The largest absolute Gasteiger partial charge is 0.493 e. The van der Waals surface area contributed by atoms with Crippen LogP contribution in [0.3, 0.4) is 0 Å². The van der Waals surface area contributed by atoms with Crippen molar-refractivity contribution in [2.45, 2.75) is 26.7 Å². The van der Waals surface area contributed by atoms with Gasteiger partial charge in [0.15, 0.2) is 11.5 Å². The number of carbonyl (C=O) groups is 1. The van der Waals surface area contributed by atoms with Gasteiger partial charge in [-0.25, -0.2) is 0 Å². The van der Waals surface area contributed by atoms with Crippen LogP contribution in [0.5, 0.6) is 11.5 Å². The molecule has 2 rings (SSSR count). The molecular formula is C19H22N2O5. The van der Waals surface area contributed by atoms with Gasteiger partial charge in [0.2, 0.25) is 5.91 Å². The van der Waals surface area contributed by atoms with E-state index in [1.54, 1.807) is 38.3 Å². The second-order valence-corrected chi connectivity index (χ2v) is 5.81. The first-order valence-electron chi connectivity index (χ1n) is 8.29. The van der Waals surface area contributed by atoms with Crippen LogP contribution in [0.4, 0.5) is 11.4 Å². The summed E-state index contributed by atoms with van der Waals surface area (Å²) in [4.78, 5) is 22.7. The molecule has 0 spiro atoms. The Hall–Kier alpha value is -3.09. The monoisotopic (exact) mass is 358 g/mol. The lowest BCUT2D eigenvalue weighted by Gasteiger charge is -2.12. The van der Waals surface area contributed by atoms with Crippen LogP contribution in [-0.2, 0) is 11.2 Å². The predicted octanol–water partition coefficient (Wildman–Crippen LogP) is 3.88. The highest BCUT2D eigenvalue weighted by molar-refractivity contribution is 5.93. The molecule has 7 nitrogen and oxygen atoms in total. The second kappa shape index (κ2) is 8.84. The summed E-state index contributed by atoms with van der Waals surface area (Å²) in [5.74, 6) is 0.932. The van der Waals surface area contributed by atoms with Crippen LogP contribution >= 0.6 is 0 Å². The number of nitrogens with zero attached hydrogens (tertiary/aromatic N) is 1. The lowest BCUT2D eigenvalue weighted by molar-refractivity contribution is -0.384. The number of nitro benzene ring substituents is 1. The number of nitrogens with one attached hydrogen (secondary N) is 1. The number of methoxy groups -OCH3 is 1. The third-order valence-electron chi connectivity index (χ3n) is 3.76. The lowest BCUT2D eigenvalue weighted by atomic mass is 10.1. The van der Waals surface area contributed by atoms with Gasteiger partial charge in [-0.3, -0.25) is 14.9 Å². The fourth-order valence-corrected chi connectivity index (χ4v) is 2.39. The van der Waals surface area contributed by atoms with Crippen molar-refractivity contribution in [2.24, 2.45) is 0 Å². The fraction of sp³-hybridized carbons (Fsp3) is 0.316. The Bertz CT molecular complexity index is 805. The molecule has 1 N–H and O–H groups in total. The number of benzene rings is 2. The summed E-state index contributed by atoms with van der Waals surface area (Å²) in [6.45, 7) is 4.38. The molecular weight excluding hydrogens is 336 g/mol. The summed E-state index contributed by atoms with van der Waals surface area (Å²) >= 11 is 0. The van der Waals surface area contributed by atoms with Gasteiger partial charge in [-0.1, -0.05) is 19.1 Å². The van der Waals surface area contributed by atoms with Gasteiger partial charge in [0.05, 0.1) is 30.7 Å². The van der Waals surface area contributed by atoms with E-state index in [2.05, 4.69) is 5.32 Å². The predicted molar refractivity (Wildman–Crippen MR) is 98.9 cm³/mol. The minimum absolute atomic E-state index is 0.0648. The molecule has 0 atom stereocenters. The summed E-state index contributed by atoms with van der Waals surface area (Å²) in [5, 5.41) is 13.6. The SMILES string of the molecule is CCCOc1ccc(CC(=O)Nc2cc([N+](=O)[O-])ccc2C)cc1OC. The number of ether oxygens (including phenoxy) is 2. The number of amides is 1. The Balaban J connectivity index is 2.10. The summed E-state index contributed by atoms with van der Waals surface area (Å²) in [7, 11) is 1.55. The number of carbonyl (C=O) groups excluding carboxylic acids is 1. The highest BCUT2D eigenvalue weighted by Gasteiger charge is 2.13. The summed E-state index contributed by atoms with van der Waals surface area (Å²) < 4.78 is 10.9. The van der Waals surface area contributed by atoms with E-state index < -0.39 is 4.92 Å². The van der Waals surface area contributed by atoms with Crippen LogP contribution < -0.4 is 14.8 Å². The third kappa shape index (κ3) is 4.95. The molecule has 0 bridgehead atoms. The van der Waals surface area contributed by atoms with Crippen molar-refractivity contribution in [1.82, 2.24) is 0 Å². The molecule has 0 fully saturated rings. The lowest BCUT2D eigenvalue weighted by Crippen LogP contribution is -2.15. The zero-order valence-corrected chi connectivity index (χ0v) is 15.1. The van der Waals surface area contributed by atoms with E-state index in [-0.39, 0.29) is 18.0 Å². The third-order valence-corrected chi connectivity index (χ3v) is 3.76. The van der Waals surface area contributed by atoms with Gasteiger partial charge in [-0.05, 0) is 36.6 Å². The first-order chi connectivity index (χ1) is 12.4. The van der Waals surface area contributed by atoms with Gasteiger partial charge in [0, 0.05) is 12.1 Å². The van der Waals surface area contributed by atoms with Gasteiger partial charge in [0.25, 0.3) is 5.69 Å². The minimum Gasteiger partial charge on any atom is -0.493 e. The Labute approximate surface area is 152 Å². The van der Waals surface area contributed by atoms with Gasteiger partial charge in [-0.15, -0.1) is 0 Å². The number of non-ortho nitro benzene ring substituents is 1. The summed E-state index contributed by atoms with van der Waals surface area (Å²) in [6.07, 6.45) is 1.00. The molecule has 0 aliphatic rings. The maximum absolute atomic E-state index is 12.3. The maximum atomic E-state index is 12.3. The molecule has 0 radical (unpaired) electrons. The van der Waals surface area contributed by atoms with Gasteiger partial charge >= 0.3 is 0 Å². The van der Waals surface area contributed by atoms with Crippen LogP contribution in [-0.4, -0.2) is 24.5 Å². The zero-order chi connectivity index (χ0) is 19.1. The van der Waals surface area contributed by atoms with Crippen LogP contribution in [0.2, 0.25) is 0 Å². The number of nitro groups is 1. The highest BCUT2D eigenvalue weighted by atomic mass is 16.6. The van der Waals surface area contributed by atoms with Crippen molar-refractivity contribution in [2.75, 3.05) is 19.0 Å². The first-order valence-corrected chi connectivity index (χ1v) is 8.29. The van der Waals surface area contributed by atoms with Gasteiger partial charge < -0.3 is 14.8 Å². The van der Waals surface area contributed by atoms with Crippen molar-refractivity contribution in [3.8, 4) is 11.5 Å². The maximum Gasteiger partial charge on any atom is 0.271 e. The van der Waals surface area contributed by atoms with Gasteiger partial charge in [0.1, 0.15) is 0 Å². The van der Waals surface area contributed by atoms with E-state index in [4.69, 9.17) is 9.47 Å². The van der Waals surface area contributed by atoms with Crippen molar-refractivity contribution >= 4 is 17.3 Å². The topological polar surface area (TPSA) is 90.7 Å². The Morgan fingerprint density at radius 3 is 2.62 bits per heavy atom. The van der Waals surface area contributed by atoms with E-state index in [9.17, 15) is 14.9 Å². The molecule has 0 aliphatic carbocycles. The number of anilines is 1. The Morgan fingerprint density at radius 1 is 1.19 bits per heavy atom. The standard InChI is InChI=1S/C19H22N2O5/c1-4-9-26-17-8-6-14(10-18(17)25-3)11-19(22)20-16-12-15(21(23)24)7-5-13(16)2/h5-8,10,12H,4,9,11H2,1-3H3,(H,20,22). The molecule has 138 valence electrons. The summed E-state index contributed by atoms with van der Waals surface area (Å²) in [6, 6.07) is 9.70. The fourth-order valence-electron chi connectivity index (χ4n) is 2.39. The number of hydrogen-bond acceptors (Lipinski definition) is 5. The van der Waals surface area contributed by atoms with E-state index in [0.717, 1.165) is 17.5 Å². The van der Waals surface area contributed by atoms with Crippen LogP contribution in [0.15, 0.2) is 36.4 Å². The van der Waals surface area contributed by atoms with Crippen molar-refractivity contribution in [3.63, 3.8) is 0 Å². The Kier molecular flexibility index (Phi) is 6.54. The van der Waals surface area contributed by atoms with E-state index >= 15 is 0 Å². The summed E-state index contributed by atoms with van der Waals surface area (Å²) in [5.41, 5.74) is 1.88. The molecule has 0 saturated heterocycles. The molecule has 7 heteroatoms. The average Bonchev–Trinajstić information content (AvgIpc) is 2.62. The van der Waals surface area contributed by atoms with Crippen molar-refractivity contribution < 1.29 is 19.2 Å². The van der Waals surface area contributed by atoms with Gasteiger partial charge in [-0.2, -0.15) is 0 Å². The number of hydrogen-bond donors (Lipinski definition) is 1. The molecule has 0 aliphatic heterocycles. The minimum atomic E-state index is -0.491. The van der Waals surface area contributed by atoms with Crippen molar-refractivity contribution in [3.05, 3.63) is 57.6 Å². The smallest absolute Gasteiger partial charge is 0.271 e. The Morgan fingerprint density at radius 2 is 1.96 bits per heavy atom. The van der Waals surface area contributed by atoms with E-state index in [0.29, 0.717) is 23.8 Å². The molecule has 0 aromatic heterocycles. The number of aryl methyl sites for hydroxylation is 1. The molecule has 0 saturated carbocycles. The van der Waals surface area contributed by atoms with E-state index in [1.165, 1.54) is 12.1 Å². The van der Waals surface area contributed by atoms with Crippen LogP contribution in [0, 0.1) is 17.0 Å². The van der Waals surface area contributed by atoms with E-state index in [1.807, 2.05) is 6.92 Å². The normalized spacial score (nSPS) is 10.3. The molecule has 26 heavy (non-hydrogen) atoms. The molecule has 2 aromatic rings. The molecule has 1 amide bonds. The number of rotatable bonds is 8. The molecule has 2 aromatic carbocycles. The quantitative estimate of drug-likeness (QED) is 0.571. The first kappa shape index (κ1) is 19.2. The van der Waals surface area contributed by atoms with Crippen LogP contribution in [0.1, 0.15) is 24.5 Å². The molecule has 0 unspecified atom stereocenters. The molecule has 0 heterocycles. The van der Waals surface area contributed by atoms with Crippen LogP contribution in [0.25, 0.3) is 0 Å². The average molecular weight is 358 g/mol. The zero-order valence-electron chi connectivity index (χ0n) is 15.1.